The van der Waals surface area contributed by atoms with Crippen LogP contribution in [0.2, 0.25) is 0 Å². The number of nitrogens with one attached hydrogen (secondary N) is 1. The van der Waals surface area contributed by atoms with Gasteiger partial charge in [-0.3, -0.25) is 9.59 Å². The molecule has 1 saturated carbocycles. The van der Waals surface area contributed by atoms with Crippen LogP contribution in [0.1, 0.15) is 63.1 Å². The maximum Gasteiger partial charge on any atom is 0.261 e. The molecule has 1 fully saturated rings. The van der Waals surface area contributed by atoms with Crippen LogP contribution in [0.3, 0.4) is 0 Å². The number of hydrogen-bond donors (Lipinski definition) is 1. The van der Waals surface area contributed by atoms with Gasteiger partial charge in [-0.05, 0) is 75.1 Å². The van der Waals surface area contributed by atoms with E-state index in [9.17, 15) is 9.59 Å². The van der Waals surface area contributed by atoms with Crippen LogP contribution in [0.25, 0.3) is 0 Å². The van der Waals surface area contributed by atoms with Crippen molar-refractivity contribution in [2.75, 3.05) is 13.7 Å². The maximum atomic E-state index is 14.0. The van der Waals surface area contributed by atoms with Crippen LogP contribution in [0.15, 0.2) is 77.3 Å². The topological polar surface area (TPSA) is 67.9 Å². The lowest BCUT2D eigenvalue weighted by molar-refractivity contribution is -0.143. The normalized spacial score (nSPS) is 14.4. The molecule has 0 spiro atoms. The average Bonchev–Trinajstić information content (AvgIpc) is 3.47. The van der Waals surface area contributed by atoms with Crippen molar-refractivity contribution in [3.05, 3.63) is 94.0 Å². The second-order valence-corrected chi connectivity index (χ2v) is 12.6. The van der Waals surface area contributed by atoms with Crippen molar-refractivity contribution in [2.45, 2.75) is 76.9 Å². The number of halogens is 1. The van der Waals surface area contributed by atoms with E-state index in [0.717, 1.165) is 46.8 Å². The molecule has 3 aromatic rings. The number of hydrogen-bond acceptors (Lipinski definition) is 4. The summed E-state index contributed by atoms with van der Waals surface area (Å²) in [5.41, 5.74) is 3.01. The predicted octanol–water partition coefficient (Wildman–Crippen LogP) is 6.83. The summed E-state index contributed by atoms with van der Waals surface area (Å²) in [5, 5.41) is 3.24. The first-order chi connectivity index (χ1) is 19.6. The van der Waals surface area contributed by atoms with Crippen LogP contribution in [0.4, 0.5) is 0 Å². The van der Waals surface area contributed by atoms with Crippen molar-refractivity contribution in [3.63, 3.8) is 0 Å². The number of amides is 2. The summed E-state index contributed by atoms with van der Waals surface area (Å²) < 4.78 is 12.3. The Kier molecular flexibility index (Phi) is 10.5. The van der Waals surface area contributed by atoms with Crippen molar-refractivity contribution >= 4 is 27.7 Å². The van der Waals surface area contributed by atoms with Crippen molar-refractivity contribution < 1.29 is 19.1 Å². The number of ether oxygens (including phenoxy) is 2. The smallest absolute Gasteiger partial charge is 0.261 e. The van der Waals surface area contributed by atoms with Gasteiger partial charge >= 0.3 is 0 Å². The van der Waals surface area contributed by atoms with Crippen molar-refractivity contribution in [2.24, 2.45) is 0 Å². The largest absolute Gasteiger partial charge is 0.497 e. The molecule has 0 radical (unpaired) electrons. The fourth-order valence-corrected chi connectivity index (χ4v) is 5.69. The fraction of sp³-hybridized carbons (Fsp3) is 0.412. The fourth-order valence-electron chi connectivity index (χ4n) is 5.20. The summed E-state index contributed by atoms with van der Waals surface area (Å²) >= 11 is 3.61. The maximum absolute atomic E-state index is 14.0. The second-order valence-electron chi connectivity index (χ2n) is 11.8. The highest BCUT2D eigenvalue weighted by molar-refractivity contribution is 9.10. The standard InChI is InChI=1S/C34H41BrN2O4/c1-34(2,3)26-17-18-31(29(35)21-26)41-23-32(38)37(22-25-13-10-16-28(19-25)40-4)30(20-24-11-6-5-7-12-24)33(39)36-27-14-8-9-15-27/h5-7,10-13,16-19,21,27,30H,8-9,14-15,20,22-23H2,1-4H3,(H,36,39)/t30-/m1/s1. The average molecular weight is 622 g/mol. The Morgan fingerprint density at radius 1 is 0.976 bits per heavy atom. The third kappa shape index (κ3) is 8.59. The van der Waals surface area contributed by atoms with Crippen molar-refractivity contribution in [3.8, 4) is 11.5 Å². The first kappa shape index (κ1) is 30.6. The molecule has 0 heterocycles. The van der Waals surface area contributed by atoms with Crippen LogP contribution in [-0.4, -0.2) is 42.5 Å². The summed E-state index contributed by atoms with van der Waals surface area (Å²) in [4.78, 5) is 29.5. The van der Waals surface area contributed by atoms with Gasteiger partial charge in [0.15, 0.2) is 6.61 Å². The highest BCUT2D eigenvalue weighted by atomic mass is 79.9. The molecule has 41 heavy (non-hydrogen) atoms. The van der Waals surface area contributed by atoms with E-state index < -0.39 is 6.04 Å². The Hall–Kier alpha value is -3.32. The number of carbonyl (C=O) groups excluding carboxylic acids is 2. The van der Waals surface area contributed by atoms with Gasteiger partial charge in [-0.2, -0.15) is 0 Å². The van der Waals surface area contributed by atoms with Crippen molar-refractivity contribution in [1.82, 2.24) is 10.2 Å². The number of carbonyl (C=O) groups is 2. The predicted molar refractivity (Wildman–Crippen MR) is 166 cm³/mol. The highest BCUT2D eigenvalue weighted by Crippen LogP contribution is 2.31. The van der Waals surface area contributed by atoms with Gasteiger partial charge in [0.1, 0.15) is 17.5 Å². The number of rotatable bonds is 11. The first-order valence-electron chi connectivity index (χ1n) is 14.3. The molecule has 2 amide bonds. The van der Waals surface area contributed by atoms with Gasteiger partial charge in [0.05, 0.1) is 11.6 Å². The molecule has 4 rings (SSSR count). The Bertz CT molecular complexity index is 1320. The summed E-state index contributed by atoms with van der Waals surface area (Å²) in [6.45, 7) is 6.51. The highest BCUT2D eigenvalue weighted by Gasteiger charge is 2.32. The molecule has 1 N–H and O–H groups in total. The van der Waals surface area contributed by atoms with Gasteiger partial charge in [0.2, 0.25) is 5.91 Å². The lowest BCUT2D eigenvalue weighted by atomic mass is 9.87. The molecule has 218 valence electrons. The van der Waals surface area contributed by atoms with Gasteiger partial charge in [-0.15, -0.1) is 0 Å². The van der Waals surface area contributed by atoms with E-state index in [2.05, 4.69) is 42.0 Å². The number of methoxy groups -OCH3 is 1. The minimum absolute atomic E-state index is 0.0122. The molecule has 3 aromatic carbocycles. The Morgan fingerprint density at radius 3 is 2.34 bits per heavy atom. The summed E-state index contributed by atoms with van der Waals surface area (Å²) in [6, 6.07) is 22.8. The molecule has 6 nitrogen and oxygen atoms in total. The summed E-state index contributed by atoms with van der Waals surface area (Å²) in [6.07, 6.45) is 4.55. The molecule has 1 aliphatic carbocycles. The first-order valence-corrected chi connectivity index (χ1v) is 15.1. The molecule has 0 saturated heterocycles. The van der Waals surface area contributed by atoms with E-state index in [0.29, 0.717) is 17.9 Å². The SMILES string of the molecule is COc1cccc(CN(C(=O)COc2ccc(C(C)(C)C)cc2Br)[C@H](Cc2ccccc2)C(=O)NC2CCCC2)c1. The Balaban J connectivity index is 1.62. The lowest BCUT2D eigenvalue weighted by Gasteiger charge is -2.32. The van der Waals surface area contributed by atoms with Gasteiger partial charge in [0, 0.05) is 19.0 Å². The zero-order chi connectivity index (χ0) is 29.4. The molecule has 0 bridgehead atoms. The van der Waals surface area contributed by atoms with Gasteiger partial charge in [0.25, 0.3) is 5.91 Å². The number of nitrogens with zero attached hydrogens (tertiary/aromatic N) is 1. The van der Waals surface area contributed by atoms with Crippen LogP contribution in [-0.2, 0) is 28.0 Å². The molecule has 7 heteroatoms. The van der Waals surface area contributed by atoms with Gasteiger partial charge < -0.3 is 19.7 Å². The molecule has 1 atom stereocenters. The molecule has 0 unspecified atom stereocenters. The molecule has 0 aromatic heterocycles. The van der Waals surface area contributed by atoms with Gasteiger partial charge in [-0.1, -0.05) is 82.1 Å². The quantitative estimate of drug-likeness (QED) is 0.255. The molecular weight excluding hydrogens is 580 g/mol. The minimum atomic E-state index is -0.702. The van der Waals surface area contributed by atoms with E-state index >= 15 is 0 Å². The summed E-state index contributed by atoms with van der Waals surface area (Å²) in [7, 11) is 1.62. The Morgan fingerprint density at radius 2 is 1.68 bits per heavy atom. The van der Waals surface area contributed by atoms with E-state index in [4.69, 9.17) is 9.47 Å². The molecule has 0 aliphatic heterocycles. The lowest BCUT2D eigenvalue weighted by Crippen LogP contribution is -2.53. The zero-order valence-electron chi connectivity index (χ0n) is 24.5. The molecule has 1 aliphatic rings. The van der Waals surface area contributed by atoms with Crippen LogP contribution < -0.4 is 14.8 Å². The third-order valence-corrected chi connectivity index (χ3v) is 8.23. The zero-order valence-corrected chi connectivity index (χ0v) is 26.1. The van der Waals surface area contributed by atoms with E-state index in [1.807, 2.05) is 72.8 Å². The van der Waals surface area contributed by atoms with Crippen molar-refractivity contribution in [1.29, 1.82) is 0 Å². The van der Waals surface area contributed by atoms with Gasteiger partial charge in [-0.25, -0.2) is 0 Å². The van der Waals surface area contributed by atoms with Crippen LogP contribution >= 0.6 is 15.9 Å². The van der Waals surface area contributed by atoms with Crippen LogP contribution in [0, 0.1) is 0 Å². The monoisotopic (exact) mass is 620 g/mol. The minimum Gasteiger partial charge on any atom is -0.497 e. The van der Waals surface area contributed by atoms with E-state index in [-0.39, 0.29) is 36.4 Å². The van der Waals surface area contributed by atoms with Crippen LogP contribution in [0.5, 0.6) is 11.5 Å². The third-order valence-electron chi connectivity index (χ3n) is 7.61. The van der Waals surface area contributed by atoms with E-state index in [1.165, 1.54) is 0 Å². The second kappa shape index (κ2) is 14.0. The summed E-state index contributed by atoms with van der Waals surface area (Å²) in [5.74, 6) is 0.890. The van der Waals surface area contributed by atoms with E-state index in [1.54, 1.807) is 12.0 Å². The number of benzene rings is 3. The Labute approximate surface area is 252 Å². The molecular formula is C34H41BrN2O4.